The lowest BCUT2D eigenvalue weighted by atomic mass is 10.3. The van der Waals surface area contributed by atoms with E-state index in [1.54, 1.807) is 11.4 Å². The van der Waals surface area contributed by atoms with E-state index in [2.05, 4.69) is 42.1 Å². The highest BCUT2D eigenvalue weighted by Crippen LogP contribution is 2.32. The van der Waals surface area contributed by atoms with E-state index in [0.29, 0.717) is 26.1 Å². The number of methoxy groups -OCH3 is 2. The van der Waals surface area contributed by atoms with Crippen LogP contribution in [0.15, 0.2) is 51.7 Å². The Bertz CT molecular complexity index is 1150. The molecule has 0 saturated heterocycles. The van der Waals surface area contributed by atoms with Crippen molar-refractivity contribution in [1.82, 2.24) is 14.8 Å². The van der Waals surface area contributed by atoms with Crippen LogP contribution in [0.5, 0.6) is 11.5 Å². The summed E-state index contributed by atoms with van der Waals surface area (Å²) in [5.74, 6) is -2.09. The molecule has 0 bridgehead atoms. The standard InChI is InChI=1S/C10H7BrF3N3O.C9H7BrF3NO2/c1-18-8-3-2-6(4-7(8)11)17-5-15-16-9(17)10(12,13)14;1-16-7-3-2-5(4-6(7)10)14-8(15)9(11,12)13/h2-5H,1H3;2-4H,1H3,(H,14,15). The molecule has 0 fully saturated rings. The van der Waals surface area contributed by atoms with Gasteiger partial charge >= 0.3 is 18.3 Å². The number of hydrogen-bond acceptors (Lipinski definition) is 5. The molecule has 1 amide bonds. The molecule has 0 unspecified atom stereocenters. The number of carbonyl (C=O) groups is 1. The second-order valence-electron chi connectivity index (χ2n) is 6.14. The molecule has 0 aliphatic heterocycles. The first-order valence-electron chi connectivity index (χ1n) is 8.80. The quantitative estimate of drug-likeness (QED) is 0.362. The minimum atomic E-state index is -4.90. The van der Waals surface area contributed by atoms with Gasteiger partial charge in [-0.3, -0.25) is 9.36 Å². The summed E-state index contributed by atoms with van der Waals surface area (Å²) in [5.41, 5.74) is 0.329. The summed E-state index contributed by atoms with van der Waals surface area (Å²) in [6.45, 7) is 0. The van der Waals surface area contributed by atoms with Crippen LogP contribution in [0.3, 0.4) is 0 Å². The molecule has 1 heterocycles. The molecule has 7 nitrogen and oxygen atoms in total. The summed E-state index contributed by atoms with van der Waals surface area (Å²) >= 11 is 6.30. The molecule has 1 aromatic heterocycles. The predicted octanol–water partition coefficient (Wildman–Crippen LogP) is 6.02. The molecule has 0 saturated carbocycles. The number of ether oxygens (including phenoxy) is 2. The highest BCUT2D eigenvalue weighted by atomic mass is 79.9. The van der Waals surface area contributed by atoms with Gasteiger partial charge in [0.25, 0.3) is 0 Å². The van der Waals surface area contributed by atoms with Gasteiger partial charge in [0.1, 0.15) is 17.8 Å². The first-order valence-corrected chi connectivity index (χ1v) is 10.4. The Balaban J connectivity index is 0.000000242. The molecule has 0 radical (unpaired) electrons. The number of hydrogen-bond donors (Lipinski definition) is 1. The Kier molecular flexibility index (Phi) is 8.94. The van der Waals surface area contributed by atoms with Crippen molar-refractivity contribution < 1.29 is 40.6 Å². The van der Waals surface area contributed by atoms with Crippen LogP contribution in [0.25, 0.3) is 5.69 Å². The van der Waals surface area contributed by atoms with Crippen LogP contribution in [0.2, 0.25) is 0 Å². The van der Waals surface area contributed by atoms with Crippen molar-refractivity contribution in [3.8, 4) is 17.2 Å². The van der Waals surface area contributed by atoms with E-state index < -0.39 is 24.1 Å². The molecule has 0 spiro atoms. The van der Waals surface area contributed by atoms with Gasteiger partial charge < -0.3 is 14.8 Å². The average molecular weight is 620 g/mol. The number of nitrogens with one attached hydrogen (secondary N) is 1. The van der Waals surface area contributed by atoms with Crippen LogP contribution in [-0.4, -0.2) is 41.1 Å². The first kappa shape index (κ1) is 27.4. The topological polar surface area (TPSA) is 78.3 Å². The van der Waals surface area contributed by atoms with E-state index in [-0.39, 0.29) is 5.69 Å². The normalized spacial score (nSPS) is 11.4. The van der Waals surface area contributed by atoms with Crippen molar-refractivity contribution in [2.75, 3.05) is 19.5 Å². The van der Waals surface area contributed by atoms with E-state index in [4.69, 9.17) is 9.47 Å². The van der Waals surface area contributed by atoms with Crippen LogP contribution in [-0.2, 0) is 11.0 Å². The maximum Gasteiger partial charge on any atom is 0.471 e. The zero-order valence-electron chi connectivity index (χ0n) is 17.1. The van der Waals surface area contributed by atoms with E-state index in [1.807, 2.05) is 0 Å². The third-order valence-corrected chi connectivity index (χ3v) is 5.12. The van der Waals surface area contributed by atoms with Crippen molar-refractivity contribution in [3.63, 3.8) is 0 Å². The van der Waals surface area contributed by atoms with Crippen LogP contribution >= 0.6 is 31.9 Å². The number of alkyl halides is 6. The van der Waals surface area contributed by atoms with Crippen LogP contribution in [0.4, 0.5) is 32.0 Å². The molecule has 15 heteroatoms. The molecule has 0 aliphatic rings. The number of benzene rings is 2. The summed E-state index contributed by atoms with van der Waals surface area (Å²) < 4.78 is 85.5. The summed E-state index contributed by atoms with van der Waals surface area (Å²) in [7, 11) is 2.90. The van der Waals surface area contributed by atoms with Crippen molar-refractivity contribution >= 4 is 43.5 Å². The molecule has 1 N–H and O–H groups in total. The monoisotopic (exact) mass is 618 g/mol. The number of rotatable bonds is 4. The number of anilines is 1. The second kappa shape index (κ2) is 11.1. The summed E-state index contributed by atoms with van der Waals surface area (Å²) in [5, 5.41) is 8.09. The minimum Gasteiger partial charge on any atom is -0.496 e. The molecule has 0 atom stereocenters. The van der Waals surface area contributed by atoms with Gasteiger partial charge in [0.15, 0.2) is 0 Å². The van der Waals surface area contributed by atoms with Gasteiger partial charge in [0.05, 0.1) is 28.9 Å². The van der Waals surface area contributed by atoms with Gasteiger partial charge in [0, 0.05) is 5.69 Å². The summed E-state index contributed by atoms with van der Waals surface area (Å²) in [6.07, 6.45) is -8.44. The van der Waals surface area contributed by atoms with Crippen molar-refractivity contribution in [2.24, 2.45) is 0 Å². The lowest BCUT2D eigenvalue weighted by molar-refractivity contribution is -0.167. The average Bonchev–Trinajstić information content (AvgIpc) is 3.24. The first-order chi connectivity index (χ1) is 15.8. The molecule has 3 aromatic rings. The van der Waals surface area contributed by atoms with Crippen LogP contribution in [0.1, 0.15) is 5.82 Å². The highest BCUT2D eigenvalue weighted by molar-refractivity contribution is 9.10. The number of aromatic nitrogens is 3. The number of amides is 1. The number of carbonyl (C=O) groups excluding carboxylic acids is 1. The maximum atomic E-state index is 12.7. The fraction of sp³-hybridized carbons (Fsp3) is 0.211. The molecule has 184 valence electrons. The van der Waals surface area contributed by atoms with E-state index in [1.165, 1.54) is 44.6 Å². The Hall–Kier alpha value is -2.81. The third-order valence-electron chi connectivity index (χ3n) is 3.88. The van der Waals surface area contributed by atoms with E-state index in [0.717, 1.165) is 10.9 Å². The van der Waals surface area contributed by atoms with Crippen LogP contribution < -0.4 is 14.8 Å². The Morgan fingerprint density at radius 2 is 1.50 bits per heavy atom. The van der Waals surface area contributed by atoms with Gasteiger partial charge in [-0.25, -0.2) is 0 Å². The zero-order chi connectivity index (χ0) is 25.7. The Labute approximate surface area is 205 Å². The largest absolute Gasteiger partial charge is 0.496 e. The SMILES string of the molecule is COc1ccc(-n2cnnc2C(F)(F)F)cc1Br.COc1ccc(NC(=O)C(F)(F)F)cc1Br. The minimum absolute atomic E-state index is 0.0370. The Morgan fingerprint density at radius 3 is 1.97 bits per heavy atom. The maximum absolute atomic E-state index is 12.7. The van der Waals surface area contributed by atoms with Gasteiger partial charge in [-0.2, -0.15) is 26.3 Å². The third kappa shape index (κ3) is 7.09. The van der Waals surface area contributed by atoms with Crippen molar-refractivity contribution in [2.45, 2.75) is 12.4 Å². The molecule has 0 aliphatic carbocycles. The van der Waals surface area contributed by atoms with Gasteiger partial charge in [-0.05, 0) is 68.3 Å². The second-order valence-corrected chi connectivity index (χ2v) is 7.85. The smallest absolute Gasteiger partial charge is 0.471 e. The molecular weight excluding hydrogens is 606 g/mol. The van der Waals surface area contributed by atoms with E-state index in [9.17, 15) is 31.1 Å². The molecule has 3 rings (SSSR count). The van der Waals surface area contributed by atoms with Crippen LogP contribution in [0, 0.1) is 0 Å². The lowest BCUT2D eigenvalue weighted by Gasteiger charge is -2.10. The predicted molar refractivity (Wildman–Crippen MR) is 116 cm³/mol. The molecular formula is C19H14Br2F6N4O3. The lowest BCUT2D eigenvalue weighted by Crippen LogP contribution is -2.29. The fourth-order valence-corrected chi connectivity index (χ4v) is 3.44. The van der Waals surface area contributed by atoms with Crippen molar-refractivity contribution in [1.29, 1.82) is 0 Å². The summed E-state index contributed by atoms with van der Waals surface area (Å²) in [4.78, 5) is 10.6. The van der Waals surface area contributed by atoms with Gasteiger partial charge in [-0.1, -0.05) is 0 Å². The van der Waals surface area contributed by atoms with Gasteiger partial charge in [-0.15, -0.1) is 10.2 Å². The van der Waals surface area contributed by atoms with Gasteiger partial charge in [0.2, 0.25) is 5.82 Å². The number of halogens is 8. The molecule has 2 aromatic carbocycles. The molecule has 34 heavy (non-hydrogen) atoms. The van der Waals surface area contributed by atoms with Crippen molar-refractivity contribution in [3.05, 3.63) is 57.5 Å². The fourth-order valence-electron chi connectivity index (χ4n) is 2.37. The van der Waals surface area contributed by atoms with E-state index >= 15 is 0 Å². The zero-order valence-corrected chi connectivity index (χ0v) is 20.3. The Morgan fingerprint density at radius 1 is 0.941 bits per heavy atom. The summed E-state index contributed by atoms with van der Waals surface area (Å²) in [6, 6.07) is 8.62. The number of nitrogens with zero attached hydrogens (tertiary/aromatic N) is 3. The highest BCUT2D eigenvalue weighted by Gasteiger charge is 2.39.